The van der Waals surface area contributed by atoms with E-state index in [9.17, 15) is 0 Å². The fourth-order valence-electron chi connectivity index (χ4n) is 1.79. The third kappa shape index (κ3) is 4.03. The molecule has 0 saturated heterocycles. The van der Waals surface area contributed by atoms with E-state index in [0.29, 0.717) is 15.0 Å². The molecular weight excluding hydrogens is 271 g/mol. The maximum absolute atomic E-state index is 2.28. The van der Waals surface area contributed by atoms with Crippen molar-refractivity contribution in [3.05, 3.63) is 60.2 Å². The summed E-state index contributed by atoms with van der Waals surface area (Å²) >= 11 is 0.442. The van der Waals surface area contributed by atoms with Crippen molar-refractivity contribution < 1.29 is 0 Å². The van der Waals surface area contributed by atoms with Gasteiger partial charge in [-0.1, -0.05) is 0 Å². The van der Waals surface area contributed by atoms with Crippen molar-refractivity contribution in [1.82, 2.24) is 0 Å². The first-order chi connectivity index (χ1) is 8.24. The molecule has 2 rings (SSSR count). The van der Waals surface area contributed by atoms with Crippen molar-refractivity contribution in [2.24, 2.45) is 5.92 Å². The van der Waals surface area contributed by atoms with Crippen LogP contribution >= 0.6 is 0 Å². The summed E-state index contributed by atoms with van der Waals surface area (Å²) in [5.74, 6) is 0.737. The van der Waals surface area contributed by atoms with Crippen molar-refractivity contribution in [2.45, 2.75) is 20.3 Å². The average molecular weight is 289 g/mol. The minimum atomic E-state index is 0.442. The van der Waals surface area contributed by atoms with Crippen LogP contribution in [0.25, 0.3) is 0 Å². The topological polar surface area (TPSA) is 0 Å². The van der Waals surface area contributed by atoms with E-state index in [0.717, 1.165) is 5.92 Å². The molecule has 2 aromatic rings. The summed E-state index contributed by atoms with van der Waals surface area (Å²) in [5.41, 5.74) is 1.45. The molecule has 17 heavy (non-hydrogen) atoms. The van der Waals surface area contributed by atoms with Crippen LogP contribution in [0.2, 0.25) is 0 Å². The molecule has 0 radical (unpaired) electrons. The molecule has 0 aliphatic rings. The van der Waals surface area contributed by atoms with Crippen LogP contribution in [0.15, 0.2) is 54.6 Å². The number of hydrogen-bond donors (Lipinski definition) is 0. The Balaban J connectivity index is 2.03. The monoisotopic (exact) mass is 290 g/mol. The zero-order valence-electron chi connectivity index (χ0n) is 10.4. The minimum absolute atomic E-state index is 0.442. The van der Waals surface area contributed by atoms with E-state index in [1.165, 1.54) is 20.9 Å². The molecule has 0 unspecified atom stereocenters. The molecule has 2 aromatic carbocycles. The Labute approximate surface area is 110 Å². The molecule has 1 heteroatoms. The van der Waals surface area contributed by atoms with Crippen molar-refractivity contribution >= 4 is 23.9 Å². The molecule has 0 heterocycles. The van der Waals surface area contributed by atoms with Gasteiger partial charge in [0, 0.05) is 0 Å². The first-order valence-electron chi connectivity index (χ1n) is 6.06. The molecule has 0 N–H and O–H groups in total. The maximum atomic E-state index is 2.28. The van der Waals surface area contributed by atoms with Gasteiger partial charge in [-0.25, -0.2) is 0 Å². The summed E-state index contributed by atoms with van der Waals surface area (Å²) in [6.07, 6.45) is 1.18. The Morgan fingerprint density at radius 2 is 1.41 bits per heavy atom. The molecule has 0 aromatic heterocycles. The van der Waals surface area contributed by atoms with Crippen LogP contribution in [0.1, 0.15) is 19.4 Å². The standard InChI is InChI=1S/C16H18Se/c1-13(2)12-14-8-10-16(11-9-14)17-15-6-4-3-5-7-15/h3-11,13H,12H2,1-2H3. The molecule has 0 nitrogen and oxygen atoms in total. The van der Waals surface area contributed by atoms with E-state index in [1.807, 2.05) is 0 Å². The predicted molar refractivity (Wildman–Crippen MR) is 76.4 cm³/mol. The average Bonchev–Trinajstić information content (AvgIpc) is 2.32. The zero-order valence-corrected chi connectivity index (χ0v) is 12.1. The molecular formula is C16H18Se. The second kappa shape index (κ2) is 6.05. The second-order valence-corrected chi connectivity index (χ2v) is 7.06. The van der Waals surface area contributed by atoms with Gasteiger partial charge < -0.3 is 0 Å². The first-order valence-corrected chi connectivity index (χ1v) is 7.77. The van der Waals surface area contributed by atoms with Gasteiger partial charge in [0.15, 0.2) is 0 Å². The molecule has 0 spiro atoms. The van der Waals surface area contributed by atoms with Crippen LogP contribution in [-0.4, -0.2) is 15.0 Å². The Bertz CT molecular complexity index is 443. The van der Waals surface area contributed by atoms with Crippen LogP contribution in [0.5, 0.6) is 0 Å². The van der Waals surface area contributed by atoms with Gasteiger partial charge in [-0.15, -0.1) is 0 Å². The predicted octanol–water partition coefficient (Wildman–Crippen LogP) is 2.54. The summed E-state index contributed by atoms with van der Waals surface area (Å²) < 4.78 is 2.90. The Morgan fingerprint density at radius 3 is 2.00 bits per heavy atom. The summed E-state index contributed by atoms with van der Waals surface area (Å²) in [6.45, 7) is 4.53. The van der Waals surface area contributed by atoms with E-state index in [-0.39, 0.29) is 0 Å². The van der Waals surface area contributed by atoms with Gasteiger partial charge in [0.25, 0.3) is 0 Å². The molecule has 0 amide bonds. The number of benzene rings is 2. The van der Waals surface area contributed by atoms with Crippen molar-refractivity contribution in [3.8, 4) is 0 Å². The van der Waals surface area contributed by atoms with Gasteiger partial charge in [0.1, 0.15) is 0 Å². The summed E-state index contributed by atoms with van der Waals surface area (Å²) in [6, 6.07) is 19.8. The van der Waals surface area contributed by atoms with E-state index < -0.39 is 0 Å². The zero-order chi connectivity index (χ0) is 12.1. The quantitative estimate of drug-likeness (QED) is 0.759. The molecule has 88 valence electrons. The molecule has 0 bridgehead atoms. The Hall–Kier alpha value is -1.04. The molecule has 0 aliphatic carbocycles. The van der Waals surface area contributed by atoms with Crippen LogP contribution < -0.4 is 8.92 Å². The molecule has 0 atom stereocenters. The Morgan fingerprint density at radius 1 is 0.824 bits per heavy atom. The first kappa shape index (κ1) is 12.4. The normalized spacial score (nSPS) is 10.8. The number of hydrogen-bond acceptors (Lipinski definition) is 0. The van der Waals surface area contributed by atoms with Crippen LogP contribution in [-0.2, 0) is 6.42 Å². The summed E-state index contributed by atoms with van der Waals surface area (Å²) in [5, 5.41) is 0. The Kier molecular flexibility index (Phi) is 4.42. The molecule has 0 aliphatic heterocycles. The summed E-state index contributed by atoms with van der Waals surface area (Å²) in [7, 11) is 0. The van der Waals surface area contributed by atoms with Crippen molar-refractivity contribution in [2.75, 3.05) is 0 Å². The summed E-state index contributed by atoms with van der Waals surface area (Å²) in [4.78, 5) is 0. The fourth-order valence-corrected chi connectivity index (χ4v) is 3.55. The molecule has 0 saturated carbocycles. The van der Waals surface area contributed by atoms with Gasteiger partial charge in [-0.2, -0.15) is 0 Å². The van der Waals surface area contributed by atoms with Crippen LogP contribution in [0.4, 0.5) is 0 Å². The third-order valence-electron chi connectivity index (χ3n) is 2.55. The van der Waals surface area contributed by atoms with E-state index in [4.69, 9.17) is 0 Å². The van der Waals surface area contributed by atoms with E-state index >= 15 is 0 Å². The number of rotatable bonds is 4. The van der Waals surface area contributed by atoms with Crippen LogP contribution in [0, 0.1) is 5.92 Å². The van der Waals surface area contributed by atoms with Gasteiger partial charge in [0.2, 0.25) is 0 Å². The van der Waals surface area contributed by atoms with E-state index in [2.05, 4.69) is 68.4 Å². The van der Waals surface area contributed by atoms with E-state index in [1.54, 1.807) is 0 Å². The van der Waals surface area contributed by atoms with Gasteiger partial charge in [0.05, 0.1) is 0 Å². The molecule has 0 fully saturated rings. The van der Waals surface area contributed by atoms with Crippen LogP contribution in [0.3, 0.4) is 0 Å². The third-order valence-corrected chi connectivity index (χ3v) is 4.68. The van der Waals surface area contributed by atoms with Gasteiger partial charge in [-0.3, -0.25) is 0 Å². The SMILES string of the molecule is CC(C)Cc1ccc([Se]c2ccccc2)cc1. The van der Waals surface area contributed by atoms with Gasteiger partial charge >= 0.3 is 110 Å². The van der Waals surface area contributed by atoms with Gasteiger partial charge in [-0.05, 0) is 0 Å². The fraction of sp³-hybridized carbons (Fsp3) is 0.250. The van der Waals surface area contributed by atoms with Crippen molar-refractivity contribution in [1.29, 1.82) is 0 Å². The second-order valence-electron chi connectivity index (χ2n) is 4.66. The van der Waals surface area contributed by atoms with Crippen molar-refractivity contribution in [3.63, 3.8) is 0 Å².